The first kappa shape index (κ1) is 15.5. The highest BCUT2D eigenvalue weighted by Gasteiger charge is 2.64. The molecule has 1 amide bonds. The monoisotopic (exact) mass is 319 g/mol. The van der Waals surface area contributed by atoms with Crippen LogP contribution in [0.2, 0.25) is 0 Å². The highest BCUT2D eigenvalue weighted by Crippen LogP contribution is 2.53. The zero-order chi connectivity index (χ0) is 16.8. The average molecular weight is 319 g/mol. The van der Waals surface area contributed by atoms with Crippen molar-refractivity contribution < 1.29 is 29.0 Å². The zero-order valence-electron chi connectivity index (χ0n) is 12.8. The summed E-state index contributed by atoms with van der Waals surface area (Å²) in [5.41, 5.74) is -0.784. The highest BCUT2D eigenvalue weighted by atomic mass is 16.5. The Balaban J connectivity index is 2.25. The van der Waals surface area contributed by atoms with Crippen LogP contribution in [0.15, 0.2) is 24.3 Å². The van der Waals surface area contributed by atoms with Gasteiger partial charge in [-0.15, -0.1) is 0 Å². The molecule has 0 aromatic heterocycles. The minimum Gasteiger partial charge on any atom is -0.468 e. The Morgan fingerprint density at radius 3 is 2.43 bits per heavy atom. The van der Waals surface area contributed by atoms with Gasteiger partial charge < -0.3 is 19.5 Å². The predicted molar refractivity (Wildman–Crippen MR) is 77.1 cm³/mol. The molecule has 2 atom stereocenters. The lowest BCUT2D eigenvalue weighted by Gasteiger charge is -2.45. The summed E-state index contributed by atoms with van der Waals surface area (Å²) < 4.78 is 9.70. The third kappa shape index (κ3) is 1.89. The number of hydrogen-bond acceptors (Lipinski definition) is 6. The van der Waals surface area contributed by atoms with Crippen LogP contribution in [0.5, 0.6) is 0 Å². The molecular formula is C16H17NO6. The first-order chi connectivity index (χ1) is 11.0. The van der Waals surface area contributed by atoms with Gasteiger partial charge in [-0.1, -0.05) is 18.2 Å². The van der Waals surface area contributed by atoms with Crippen LogP contribution in [-0.2, 0) is 19.1 Å². The number of hydrogen-bond donors (Lipinski definition) is 1. The molecule has 2 aliphatic heterocycles. The number of carbonyl (C=O) groups excluding carboxylic acids is 3. The van der Waals surface area contributed by atoms with Gasteiger partial charge in [-0.2, -0.15) is 0 Å². The molecule has 3 rings (SSSR count). The van der Waals surface area contributed by atoms with Crippen LogP contribution in [0.4, 0.5) is 0 Å². The molecule has 1 aromatic carbocycles. The van der Waals surface area contributed by atoms with E-state index in [2.05, 4.69) is 0 Å². The Morgan fingerprint density at radius 1 is 1.22 bits per heavy atom. The summed E-state index contributed by atoms with van der Waals surface area (Å²) in [5, 5.41) is 10.3. The fourth-order valence-electron chi connectivity index (χ4n) is 3.65. The van der Waals surface area contributed by atoms with E-state index in [4.69, 9.17) is 9.47 Å². The van der Waals surface area contributed by atoms with Crippen molar-refractivity contribution in [3.8, 4) is 0 Å². The summed E-state index contributed by atoms with van der Waals surface area (Å²) in [6, 6.07) is 5.77. The number of ether oxygens (including phenoxy) is 2. The third-order valence-corrected chi connectivity index (χ3v) is 4.68. The van der Waals surface area contributed by atoms with Gasteiger partial charge in [-0.25, -0.2) is 0 Å². The first-order valence-electron chi connectivity index (χ1n) is 7.25. The maximum atomic E-state index is 12.6. The molecule has 7 heteroatoms. The Bertz CT molecular complexity index is 669. The van der Waals surface area contributed by atoms with Gasteiger partial charge >= 0.3 is 11.9 Å². The molecule has 1 saturated heterocycles. The fraction of sp³-hybridized carbons (Fsp3) is 0.438. The number of benzene rings is 1. The second kappa shape index (κ2) is 5.34. The second-order valence-electron chi connectivity index (χ2n) is 5.68. The molecular weight excluding hydrogens is 302 g/mol. The maximum absolute atomic E-state index is 12.6. The van der Waals surface area contributed by atoms with Gasteiger partial charge in [-0.05, 0) is 24.5 Å². The van der Waals surface area contributed by atoms with Crippen molar-refractivity contribution in [3.05, 3.63) is 35.4 Å². The Morgan fingerprint density at radius 2 is 1.83 bits per heavy atom. The van der Waals surface area contributed by atoms with Crippen molar-refractivity contribution in [2.24, 2.45) is 5.41 Å². The summed E-state index contributed by atoms with van der Waals surface area (Å²) in [7, 11) is 2.37. The molecule has 23 heavy (non-hydrogen) atoms. The van der Waals surface area contributed by atoms with Crippen LogP contribution in [0.3, 0.4) is 0 Å². The minimum atomic E-state index is -1.68. The van der Waals surface area contributed by atoms with Gasteiger partial charge in [0.2, 0.25) is 0 Å². The van der Waals surface area contributed by atoms with Gasteiger partial charge in [-0.3, -0.25) is 14.4 Å². The number of aliphatic hydroxyl groups is 1. The van der Waals surface area contributed by atoms with Crippen LogP contribution in [0, 0.1) is 5.41 Å². The molecule has 0 spiro atoms. The van der Waals surface area contributed by atoms with E-state index in [0.29, 0.717) is 11.1 Å². The molecule has 0 aliphatic carbocycles. The van der Waals surface area contributed by atoms with E-state index in [9.17, 15) is 19.5 Å². The van der Waals surface area contributed by atoms with Gasteiger partial charge in [0.1, 0.15) is 6.23 Å². The van der Waals surface area contributed by atoms with E-state index in [1.807, 2.05) is 0 Å². The molecule has 2 unspecified atom stereocenters. The largest absolute Gasteiger partial charge is 0.468 e. The van der Waals surface area contributed by atoms with Gasteiger partial charge in [0.15, 0.2) is 5.41 Å². The summed E-state index contributed by atoms with van der Waals surface area (Å²) in [6.45, 7) is 0. The third-order valence-electron chi connectivity index (χ3n) is 4.68. The number of aliphatic hydroxyl groups excluding tert-OH is 1. The molecule has 7 nitrogen and oxygen atoms in total. The summed E-state index contributed by atoms with van der Waals surface area (Å²) in [4.78, 5) is 38.8. The SMILES string of the molecule is COC(=O)C1(C(=O)OC)CCC(O)N2C(=O)c3ccccc3C21. The van der Waals surface area contributed by atoms with E-state index in [1.54, 1.807) is 24.3 Å². The number of carbonyl (C=O) groups is 3. The number of amides is 1. The van der Waals surface area contributed by atoms with Crippen molar-refractivity contribution in [2.75, 3.05) is 14.2 Å². The number of methoxy groups -OCH3 is 2. The molecule has 122 valence electrons. The van der Waals surface area contributed by atoms with E-state index in [-0.39, 0.29) is 12.8 Å². The lowest BCUT2D eigenvalue weighted by atomic mass is 9.70. The number of fused-ring (bicyclic) bond motifs is 3. The van der Waals surface area contributed by atoms with Gasteiger partial charge in [0, 0.05) is 5.56 Å². The Hall–Kier alpha value is -2.41. The highest BCUT2D eigenvalue weighted by molar-refractivity contribution is 6.06. The van der Waals surface area contributed by atoms with Crippen LogP contribution in [-0.4, -0.2) is 48.3 Å². The van der Waals surface area contributed by atoms with Crippen molar-refractivity contribution in [3.63, 3.8) is 0 Å². The second-order valence-corrected chi connectivity index (χ2v) is 5.68. The summed E-state index contributed by atoms with van der Waals surface area (Å²) in [6.07, 6.45) is -0.946. The van der Waals surface area contributed by atoms with E-state index in [1.165, 1.54) is 19.1 Å². The van der Waals surface area contributed by atoms with E-state index < -0.39 is 35.5 Å². The fourth-order valence-corrected chi connectivity index (χ4v) is 3.65. The molecule has 0 saturated carbocycles. The number of piperidine rings is 1. The van der Waals surface area contributed by atoms with E-state index >= 15 is 0 Å². The van der Waals surface area contributed by atoms with Gasteiger partial charge in [0.05, 0.1) is 20.3 Å². The van der Waals surface area contributed by atoms with Crippen LogP contribution in [0.1, 0.15) is 34.8 Å². The average Bonchev–Trinajstić information content (AvgIpc) is 2.89. The minimum absolute atomic E-state index is 0.0380. The topological polar surface area (TPSA) is 93.1 Å². The van der Waals surface area contributed by atoms with Crippen molar-refractivity contribution in [1.29, 1.82) is 0 Å². The number of rotatable bonds is 2. The van der Waals surface area contributed by atoms with Crippen LogP contribution >= 0.6 is 0 Å². The molecule has 1 aromatic rings. The number of esters is 2. The Labute approximate surface area is 132 Å². The predicted octanol–water partition coefficient (Wildman–Crippen LogP) is 0.628. The number of nitrogens with zero attached hydrogens (tertiary/aromatic N) is 1. The van der Waals surface area contributed by atoms with Crippen molar-refractivity contribution in [2.45, 2.75) is 25.1 Å². The standard InChI is InChI=1S/C16H17NO6/c1-22-14(20)16(15(21)23-2)8-7-11(18)17-12(16)9-5-3-4-6-10(9)13(17)19/h3-6,11-12,18H,7-8H2,1-2H3. The normalized spacial score (nSPS) is 24.7. The van der Waals surface area contributed by atoms with Crippen molar-refractivity contribution in [1.82, 2.24) is 4.90 Å². The molecule has 2 aliphatic rings. The molecule has 1 N–H and O–H groups in total. The summed E-state index contributed by atoms with van der Waals surface area (Å²) >= 11 is 0. The Kier molecular flexibility index (Phi) is 3.60. The summed E-state index contributed by atoms with van der Waals surface area (Å²) in [5.74, 6) is -1.94. The zero-order valence-corrected chi connectivity index (χ0v) is 12.8. The maximum Gasteiger partial charge on any atom is 0.325 e. The van der Waals surface area contributed by atoms with Crippen LogP contribution < -0.4 is 0 Å². The molecule has 0 radical (unpaired) electrons. The lowest BCUT2D eigenvalue weighted by molar-refractivity contribution is -0.184. The molecule has 2 heterocycles. The van der Waals surface area contributed by atoms with Gasteiger partial charge in [0.25, 0.3) is 5.91 Å². The smallest absolute Gasteiger partial charge is 0.325 e. The molecule has 0 bridgehead atoms. The molecule has 1 fully saturated rings. The quantitative estimate of drug-likeness (QED) is 0.635. The van der Waals surface area contributed by atoms with Crippen LogP contribution in [0.25, 0.3) is 0 Å². The lowest BCUT2D eigenvalue weighted by Crippen LogP contribution is -2.57. The van der Waals surface area contributed by atoms with E-state index in [0.717, 1.165) is 0 Å². The van der Waals surface area contributed by atoms with Crippen molar-refractivity contribution >= 4 is 17.8 Å². The first-order valence-corrected chi connectivity index (χ1v) is 7.25.